The summed E-state index contributed by atoms with van der Waals surface area (Å²) in [5, 5.41) is 3.08. The highest BCUT2D eigenvalue weighted by Crippen LogP contribution is 2.43. The minimum atomic E-state index is -4.46. The molecule has 0 aromatic heterocycles. The molecule has 528 valence electrons. The Hall–Kier alpha value is -3.07. The van der Waals surface area contributed by atoms with Crippen molar-refractivity contribution in [1.29, 1.82) is 0 Å². The second-order valence-corrected chi connectivity index (χ2v) is 28.6. The smallest absolute Gasteiger partial charge is 0.456 e. The zero-order valence-electron chi connectivity index (χ0n) is 60.6. The number of nitrogens with one attached hydrogen (secondary N) is 1. The molecule has 3 unspecified atom stereocenters. The van der Waals surface area contributed by atoms with E-state index in [1.54, 1.807) is 0 Å². The number of phosphoric ester groups is 1. The minimum absolute atomic E-state index is 0.0372. The van der Waals surface area contributed by atoms with Crippen molar-refractivity contribution in [3.63, 3.8) is 0 Å². The summed E-state index contributed by atoms with van der Waals surface area (Å²) in [4.78, 5) is 38.0. The van der Waals surface area contributed by atoms with Gasteiger partial charge in [-0.3, -0.25) is 18.6 Å². The number of hydrogen-bond donors (Lipinski definition) is 2. The quantitative estimate of drug-likeness (QED) is 0.0205. The Bertz CT molecular complexity index is 1880. The molecule has 91 heavy (non-hydrogen) atoms. The highest BCUT2D eigenvalue weighted by molar-refractivity contribution is 7.47. The van der Waals surface area contributed by atoms with Crippen molar-refractivity contribution in [2.45, 2.75) is 367 Å². The maximum absolute atomic E-state index is 13.6. The van der Waals surface area contributed by atoms with E-state index in [-0.39, 0.29) is 31.5 Å². The lowest BCUT2D eigenvalue weighted by Crippen LogP contribution is -2.47. The molecular weight excluding hydrogens is 1140 g/mol. The lowest BCUT2D eigenvalue weighted by molar-refractivity contribution is -0.870. The van der Waals surface area contributed by atoms with Gasteiger partial charge >= 0.3 is 13.8 Å². The number of quaternary nitrogens is 1. The number of likely N-dealkylation sites (N-methyl/N-ethyl adjacent to an activating group) is 1. The van der Waals surface area contributed by atoms with Gasteiger partial charge in [0.2, 0.25) is 5.91 Å². The van der Waals surface area contributed by atoms with E-state index in [2.05, 4.69) is 111 Å². The molecule has 0 saturated heterocycles. The Morgan fingerprint density at radius 3 is 1.02 bits per heavy atom. The van der Waals surface area contributed by atoms with Gasteiger partial charge in [0.25, 0.3) is 0 Å². The van der Waals surface area contributed by atoms with E-state index in [0.29, 0.717) is 17.4 Å². The predicted octanol–water partition coefficient (Wildman–Crippen LogP) is 25.0. The second-order valence-electron chi connectivity index (χ2n) is 27.2. The van der Waals surface area contributed by atoms with E-state index in [1.165, 1.54) is 231 Å². The Labute approximate surface area is 564 Å². The molecule has 0 aliphatic carbocycles. The average molecular weight is 1290 g/mol. The van der Waals surface area contributed by atoms with E-state index in [0.717, 1.165) is 89.9 Å². The number of rotatable bonds is 70. The lowest BCUT2D eigenvalue weighted by Gasteiger charge is -2.27. The summed E-state index contributed by atoms with van der Waals surface area (Å²) < 4.78 is 30.9. The van der Waals surface area contributed by atoms with Crippen LogP contribution in [0.15, 0.2) is 97.2 Å². The Morgan fingerprint density at radius 2 is 0.670 bits per heavy atom. The minimum Gasteiger partial charge on any atom is -0.456 e. The summed E-state index contributed by atoms with van der Waals surface area (Å²) in [5.41, 5.74) is 0. The number of unbranched alkanes of at least 4 members (excludes halogenated alkanes) is 40. The van der Waals surface area contributed by atoms with E-state index in [4.69, 9.17) is 13.8 Å². The summed E-state index contributed by atoms with van der Waals surface area (Å²) in [5.74, 6) is -0.502. The number of esters is 1. The molecule has 0 aromatic carbocycles. The summed E-state index contributed by atoms with van der Waals surface area (Å²) >= 11 is 0. The number of ether oxygens (including phenoxy) is 1. The molecule has 0 aliphatic heterocycles. The highest BCUT2D eigenvalue weighted by atomic mass is 31.2. The monoisotopic (exact) mass is 1290 g/mol. The van der Waals surface area contributed by atoms with E-state index < -0.39 is 20.0 Å². The molecule has 0 fully saturated rings. The second kappa shape index (κ2) is 69.8. The Morgan fingerprint density at radius 1 is 0.385 bits per heavy atom. The summed E-state index contributed by atoms with van der Waals surface area (Å²) in [7, 11) is 1.50. The number of hydrogen-bond acceptors (Lipinski definition) is 6. The van der Waals surface area contributed by atoms with Gasteiger partial charge < -0.3 is 19.4 Å². The van der Waals surface area contributed by atoms with Crippen molar-refractivity contribution >= 4 is 19.7 Å². The number of carbonyl (C=O) groups is 2. The third-order valence-corrected chi connectivity index (χ3v) is 18.0. The number of amides is 1. The van der Waals surface area contributed by atoms with Crippen LogP contribution in [0, 0.1) is 0 Å². The van der Waals surface area contributed by atoms with Crippen LogP contribution in [0.25, 0.3) is 0 Å². The molecule has 10 heteroatoms. The number of allylic oxidation sites excluding steroid dienone is 15. The van der Waals surface area contributed by atoms with Crippen LogP contribution in [-0.4, -0.2) is 74.3 Å². The number of phosphoric acid groups is 1. The van der Waals surface area contributed by atoms with Crippen LogP contribution in [-0.2, 0) is 27.9 Å². The van der Waals surface area contributed by atoms with Crippen LogP contribution in [0.3, 0.4) is 0 Å². The van der Waals surface area contributed by atoms with Crippen LogP contribution < -0.4 is 5.32 Å². The number of nitrogens with zero attached hydrogens (tertiary/aromatic N) is 1. The van der Waals surface area contributed by atoms with Crippen LogP contribution in [0.5, 0.6) is 0 Å². The third-order valence-electron chi connectivity index (χ3n) is 17.0. The van der Waals surface area contributed by atoms with Gasteiger partial charge in [-0.05, 0) is 115 Å². The summed E-state index contributed by atoms with van der Waals surface area (Å²) in [6.07, 6.45) is 95.7. The fourth-order valence-electron chi connectivity index (χ4n) is 11.1. The molecule has 0 bridgehead atoms. The first kappa shape index (κ1) is 87.9. The molecule has 1 amide bonds. The van der Waals surface area contributed by atoms with Gasteiger partial charge in [-0.15, -0.1) is 0 Å². The van der Waals surface area contributed by atoms with Crippen molar-refractivity contribution in [2.24, 2.45) is 0 Å². The van der Waals surface area contributed by atoms with Gasteiger partial charge in [-0.1, -0.05) is 324 Å². The standard InChI is InChI=1S/C81H147N2O7P/c1-7-10-13-16-19-22-25-27-29-31-33-35-37-39-41-43-45-47-49-51-53-55-58-61-64-67-70-73-80(84)82-78(77-89-91(86,87)88-76-75-83(4,5)6)79(72-69-66-63-60-57-24-21-18-15-12-9-3)90-81(85)74-71-68-65-62-59-56-54-52-50-48-46-44-42-40-38-36-34-32-30-28-26-23-20-17-14-11-8-2/h19-20,22-23,27-30,33-36,40,42,69,72,78-79H,7-18,21,24-26,31-32,37-39,41,43-68,70-71,73-77H2,1-6H3,(H-,82,84,86,87)/p+1/b22-19-,23-20-,29-27-,30-28-,35-33-,36-34-,42-40-,72-69+. The van der Waals surface area contributed by atoms with Gasteiger partial charge in [0.1, 0.15) is 19.3 Å². The van der Waals surface area contributed by atoms with Crippen molar-refractivity contribution < 1.29 is 37.3 Å². The molecule has 0 spiro atoms. The predicted molar refractivity (Wildman–Crippen MR) is 397 cm³/mol. The van der Waals surface area contributed by atoms with Gasteiger partial charge in [-0.2, -0.15) is 0 Å². The van der Waals surface area contributed by atoms with Gasteiger partial charge in [0.05, 0.1) is 33.8 Å². The molecule has 9 nitrogen and oxygen atoms in total. The van der Waals surface area contributed by atoms with Gasteiger partial charge in [-0.25, -0.2) is 4.57 Å². The van der Waals surface area contributed by atoms with Crippen molar-refractivity contribution in [2.75, 3.05) is 40.9 Å². The zero-order valence-corrected chi connectivity index (χ0v) is 61.5. The zero-order chi connectivity index (χ0) is 66.3. The molecule has 0 heterocycles. The summed E-state index contributed by atoms with van der Waals surface area (Å²) in [6, 6.07) is -0.855. The molecule has 0 aromatic rings. The fraction of sp³-hybridized carbons (Fsp3) is 0.778. The van der Waals surface area contributed by atoms with Gasteiger partial charge in [0.15, 0.2) is 0 Å². The maximum Gasteiger partial charge on any atom is 0.472 e. The molecule has 0 aliphatic rings. The Balaban J connectivity index is 4.93. The molecule has 3 atom stereocenters. The Kier molecular flexibility index (Phi) is 67.4. The maximum atomic E-state index is 13.6. The van der Waals surface area contributed by atoms with Crippen molar-refractivity contribution in [3.05, 3.63) is 97.2 Å². The molecule has 0 saturated carbocycles. The van der Waals surface area contributed by atoms with Gasteiger partial charge in [0, 0.05) is 12.8 Å². The van der Waals surface area contributed by atoms with Crippen LogP contribution in [0.1, 0.15) is 355 Å². The van der Waals surface area contributed by atoms with E-state index in [9.17, 15) is 19.0 Å². The highest BCUT2D eigenvalue weighted by Gasteiger charge is 2.30. The van der Waals surface area contributed by atoms with Crippen molar-refractivity contribution in [1.82, 2.24) is 5.32 Å². The molecule has 2 N–H and O–H groups in total. The lowest BCUT2D eigenvalue weighted by atomic mass is 10.0. The first-order valence-electron chi connectivity index (χ1n) is 38.6. The first-order valence-corrected chi connectivity index (χ1v) is 40.1. The van der Waals surface area contributed by atoms with Crippen molar-refractivity contribution in [3.8, 4) is 0 Å². The fourth-order valence-corrected chi connectivity index (χ4v) is 11.8. The normalized spacial score (nSPS) is 14.0. The average Bonchev–Trinajstić information content (AvgIpc) is 3.03. The molecular formula is C81H148N2O7P+. The van der Waals surface area contributed by atoms with E-state index >= 15 is 0 Å². The third kappa shape index (κ3) is 71.1. The van der Waals surface area contributed by atoms with Crippen LogP contribution in [0.2, 0.25) is 0 Å². The molecule has 0 radical (unpaired) electrons. The molecule has 0 rings (SSSR count). The van der Waals surface area contributed by atoms with Crippen LogP contribution >= 0.6 is 7.82 Å². The number of carbonyl (C=O) groups excluding carboxylic acids is 2. The van der Waals surface area contributed by atoms with E-state index in [1.807, 2.05) is 33.3 Å². The first-order chi connectivity index (χ1) is 44.4. The topological polar surface area (TPSA) is 111 Å². The van der Waals surface area contributed by atoms with Crippen LogP contribution in [0.4, 0.5) is 0 Å². The summed E-state index contributed by atoms with van der Waals surface area (Å²) in [6.45, 7) is 6.98. The SMILES string of the molecule is CCCCC/C=C\C/C=C\C/C=C\C/C=C\CCCCCCCCCCCCCC(=O)OC(/C=C/CCCCCCCCCCC)C(COP(=O)(O)OCC[N+](C)(C)C)NC(=O)CCCCCCCCCCCCCCCC/C=C\C/C=C\C/C=C\CCCCC. The largest absolute Gasteiger partial charge is 0.472 e.